The Morgan fingerprint density at radius 3 is 1.24 bits per heavy atom. The summed E-state index contributed by atoms with van der Waals surface area (Å²) in [7, 11) is 0. The van der Waals surface area contributed by atoms with Crippen molar-refractivity contribution in [1.82, 2.24) is 24.1 Å². The van der Waals surface area contributed by atoms with Gasteiger partial charge in [0.2, 0.25) is 0 Å². The van der Waals surface area contributed by atoms with Crippen LogP contribution in [-0.2, 0) is 0 Å². The molecule has 0 saturated heterocycles. The highest BCUT2D eigenvalue weighted by atomic mass is 15.0. The molecule has 10 rings (SSSR count). The lowest BCUT2D eigenvalue weighted by atomic mass is 10.0. The van der Waals surface area contributed by atoms with Crippen molar-refractivity contribution in [2.24, 2.45) is 0 Å². The Bertz CT molecular complexity index is 3220. The Morgan fingerprint density at radius 1 is 0.397 bits per heavy atom. The molecule has 0 aliphatic carbocycles. The summed E-state index contributed by atoms with van der Waals surface area (Å²) in [5, 5.41) is 34.5. The average molecular weight is 743 g/mol. The molecule has 0 aliphatic rings. The fourth-order valence-corrected chi connectivity index (χ4v) is 8.25. The van der Waals surface area contributed by atoms with Gasteiger partial charge in [0.25, 0.3) is 0 Å². The number of aromatic nitrogens is 5. The molecule has 270 valence electrons. The number of benzene rings is 7. The molecule has 0 atom stereocenters. The van der Waals surface area contributed by atoms with E-state index in [2.05, 4.69) is 93.0 Å². The Balaban J connectivity index is 1.32. The maximum absolute atomic E-state index is 11.4. The molecule has 3 heterocycles. The topological polar surface area (TPSA) is 120 Å². The van der Waals surface area contributed by atoms with Crippen molar-refractivity contribution in [3.63, 3.8) is 0 Å². The molecule has 58 heavy (non-hydrogen) atoms. The first-order valence-electron chi connectivity index (χ1n) is 18.8. The first kappa shape index (κ1) is 34.1. The molecule has 0 bridgehead atoms. The highest BCUT2D eigenvalue weighted by Gasteiger charge is 2.24. The van der Waals surface area contributed by atoms with Gasteiger partial charge in [0.1, 0.15) is 23.3 Å². The van der Waals surface area contributed by atoms with Crippen molar-refractivity contribution in [3.8, 4) is 63.2 Å². The summed E-state index contributed by atoms with van der Waals surface area (Å²) in [5.41, 5.74) is 11.4. The largest absolute Gasteiger partial charge is 0.308 e. The molecule has 0 saturated carbocycles. The van der Waals surface area contributed by atoms with Gasteiger partial charge in [0, 0.05) is 27.1 Å². The summed E-state index contributed by atoms with van der Waals surface area (Å²) < 4.78 is 4.36. The molecular formula is C50H30N8. The van der Waals surface area contributed by atoms with Crippen LogP contribution in [0.1, 0.15) is 28.3 Å². The number of hydrogen-bond donors (Lipinski definition) is 0. The van der Waals surface area contributed by atoms with Crippen LogP contribution in [-0.4, -0.2) is 24.1 Å². The van der Waals surface area contributed by atoms with Crippen LogP contribution in [0.3, 0.4) is 0 Å². The number of nitriles is 3. The minimum atomic E-state index is 0.476. The van der Waals surface area contributed by atoms with E-state index in [1.54, 1.807) is 0 Å². The average Bonchev–Trinajstić information content (AvgIpc) is 3.77. The van der Waals surface area contributed by atoms with E-state index in [4.69, 9.17) is 9.97 Å². The highest BCUT2D eigenvalue weighted by molar-refractivity contribution is 6.12. The lowest BCUT2D eigenvalue weighted by Gasteiger charge is -2.18. The zero-order chi connectivity index (χ0) is 39.5. The van der Waals surface area contributed by atoms with Crippen LogP contribution in [0.5, 0.6) is 0 Å². The number of nitrogens with zero attached hydrogens (tertiary/aromatic N) is 8. The summed E-state index contributed by atoms with van der Waals surface area (Å²) in [6, 6.07) is 55.6. The molecule has 7 aromatic carbocycles. The van der Waals surface area contributed by atoms with E-state index >= 15 is 0 Å². The standard InChI is InChI=1S/C50H30N8/c1-30-54-31(2)56-50(55-30)38-25-48(57-44-9-5-3-7-39(44)41-21-19-36(23-46(41)57)34-15-11-32(27-51)12-16-34)43(29-53)49(26-38)58-45-10-6-4-8-40(45)42-22-20-37(24-47(42)58)35-17-13-33(28-52)14-18-35/h3-26H,1-2H3. The van der Waals surface area contributed by atoms with Crippen molar-refractivity contribution < 1.29 is 0 Å². The van der Waals surface area contributed by atoms with Crippen LogP contribution < -0.4 is 0 Å². The number of aryl methyl sites for hydroxylation is 2. The monoisotopic (exact) mass is 742 g/mol. The second-order valence-electron chi connectivity index (χ2n) is 14.3. The SMILES string of the molecule is Cc1nc(C)nc(-c2cc(-n3c4ccccc4c4ccc(-c5ccc(C#N)cc5)cc43)c(C#N)c(-n3c4ccccc4c4ccc(-c5ccc(C#N)cc5)cc43)c2)n1. The Morgan fingerprint density at radius 2 is 0.810 bits per heavy atom. The van der Waals surface area contributed by atoms with E-state index in [9.17, 15) is 15.8 Å². The quantitative estimate of drug-likeness (QED) is 0.173. The van der Waals surface area contributed by atoms with Gasteiger partial charge in [0.15, 0.2) is 5.82 Å². The lowest BCUT2D eigenvalue weighted by Crippen LogP contribution is -2.07. The molecular weight excluding hydrogens is 713 g/mol. The normalized spacial score (nSPS) is 11.2. The Hall–Kier alpha value is -8.38. The molecule has 0 radical (unpaired) electrons. The van der Waals surface area contributed by atoms with E-state index in [0.29, 0.717) is 45.5 Å². The molecule has 10 aromatic rings. The summed E-state index contributed by atoms with van der Waals surface area (Å²) in [6.07, 6.45) is 0. The summed E-state index contributed by atoms with van der Waals surface area (Å²) in [6.45, 7) is 3.72. The van der Waals surface area contributed by atoms with Gasteiger partial charge in [-0.25, -0.2) is 15.0 Å². The fourth-order valence-electron chi connectivity index (χ4n) is 8.25. The molecule has 8 nitrogen and oxygen atoms in total. The molecule has 0 spiro atoms. The van der Waals surface area contributed by atoms with Gasteiger partial charge < -0.3 is 9.13 Å². The lowest BCUT2D eigenvalue weighted by molar-refractivity contribution is 0.927. The van der Waals surface area contributed by atoms with Crippen molar-refractivity contribution >= 4 is 43.6 Å². The molecule has 0 N–H and O–H groups in total. The van der Waals surface area contributed by atoms with Crippen molar-refractivity contribution in [2.45, 2.75) is 13.8 Å². The highest BCUT2D eigenvalue weighted by Crippen LogP contribution is 2.41. The molecule has 0 fully saturated rings. The van der Waals surface area contributed by atoms with E-state index in [0.717, 1.165) is 71.4 Å². The van der Waals surface area contributed by atoms with Gasteiger partial charge in [-0.15, -0.1) is 0 Å². The molecule has 0 amide bonds. The van der Waals surface area contributed by atoms with Crippen molar-refractivity contribution in [1.29, 1.82) is 15.8 Å². The second kappa shape index (κ2) is 13.4. The van der Waals surface area contributed by atoms with Crippen LogP contribution in [0.2, 0.25) is 0 Å². The van der Waals surface area contributed by atoms with E-state index in [-0.39, 0.29) is 0 Å². The zero-order valence-electron chi connectivity index (χ0n) is 31.4. The maximum Gasteiger partial charge on any atom is 0.163 e. The molecule has 3 aromatic heterocycles. The maximum atomic E-state index is 11.4. The second-order valence-corrected chi connectivity index (χ2v) is 14.3. The number of para-hydroxylation sites is 2. The first-order valence-corrected chi connectivity index (χ1v) is 18.8. The predicted octanol–water partition coefficient (Wildman–Crippen LogP) is 11.3. The van der Waals surface area contributed by atoms with E-state index in [1.807, 2.05) is 98.8 Å². The van der Waals surface area contributed by atoms with Crippen LogP contribution in [0.15, 0.2) is 146 Å². The van der Waals surface area contributed by atoms with Crippen molar-refractivity contribution in [3.05, 3.63) is 174 Å². The van der Waals surface area contributed by atoms with Gasteiger partial charge in [-0.3, -0.25) is 0 Å². The summed E-state index contributed by atoms with van der Waals surface area (Å²) in [5.74, 6) is 1.71. The number of fused-ring (bicyclic) bond motifs is 6. The van der Waals surface area contributed by atoms with Gasteiger partial charge >= 0.3 is 0 Å². The van der Waals surface area contributed by atoms with Crippen LogP contribution in [0.25, 0.3) is 88.6 Å². The smallest absolute Gasteiger partial charge is 0.163 e. The Labute approximate surface area is 333 Å². The minimum Gasteiger partial charge on any atom is -0.308 e. The fraction of sp³-hybridized carbons (Fsp3) is 0.0400. The molecule has 8 heteroatoms. The third-order valence-electron chi connectivity index (χ3n) is 10.8. The summed E-state index contributed by atoms with van der Waals surface area (Å²) >= 11 is 0. The van der Waals surface area contributed by atoms with Gasteiger partial charge in [-0.05, 0) is 96.8 Å². The summed E-state index contributed by atoms with van der Waals surface area (Å²) in [4.78, 5) is 14.1. The van der Waals surface area contributed by atoms with Crippen LogP contribution in [0.4, 0.5) is 0 Å². The first-order chi connectivity index (χ1) is 28.4. The van der Waals surface area contributed by atoms with Crippen LogP contribution >= 0.6 is 0 Å². The van der Waals surface area contributed by atoms with Crippen LogP contribution in [0, 0.1) is 47.8 Å². The number of hydrogen-bond acceptors (Lipinski definition) is 6. The zero-order valence-corrected chi connectivity index (χ0v) is 31.4. The third kappa shape index (κ3) is 5.46. The number of rotatable bonds is 5. The Kier molecular flexibility index (Phi) is 7.90. The minimum absolute atomic E-state index is 0.476. The predicted molar refractivity (Wildman–Crippen MR) is 228 cm³/mol. The molecule has 0 aliphatic heterocycles. The molecule has 0 unspecified atom stereocenters. The third-order valence-corrected chi connectivity index (χ3v) is 10.8. The van der Waals surface area contributed by atoms with Gasteiger partial charge in [0.05, 0.1) is 56.7 Å². The van der Waals surface area contributed by atoms with E-state index < -0.39 is 0 Å². The van der Waals surface area contributed by atoms with Crippen molar-refractivity contribution in [2.75, 3.05) is 0 Å². The van der Waals surface area contributed by atoms with Gasteiger partial charge in [-0.1, -0.05) is 84.9 Å². The van der Waals surface area contributed by atoms with E-state index in [1.165, 1.54) is 0 Å². The van der Waals surface area contributed by atoms with Gasteiger partial charge in [-0.2, -0.15) is 15.8 Å².